The van der Waals surface area contributed by atoms with Crippen molar-refractivity contribution in [1.82, 2.24) is 15.1 Å². The zero-order valence-corrected chi connectivity index (χ0v) is 13.7. The molecule has 1 fully saturated rings. The van der Waals surface area contributed by atoms with Gasteiger partial charge in [-0.15, -0.1) is 0 Å². The van der Waals surface area contributed by atoms with Gasteiger partial charge in [-0.1, -0.05) is 29.8 Å². The van der Waals surface area contributed by atoms with Crippen LogP contribution in [0.1, 0.15) is 18.4 Å². The molecule has 20 heavy (non-hydrogen) atoms. The smallest absolute Gasteiger partial charge is 0.169 e. The Hall–Kier alpha value is -0.840. The van der Waals surface area contributed by atoms with Gasteiger partial charge in [0, 0.05) is 24.7 Å². The first-order valence-corrected chi connectivity index (χ1v) is 7.80. The van der Waals surface area contributed by atoms with E-state index in [1.165, 1.54) is 0 Å². The normalized spacial score (nSPS) is 16.9. The van der Waals surface area contributed by atoms with Gasteiger partial charge in [0.25, 0.3) is 0 Å². The Kier molecular flexibility index (Phi) is 5.64. The van der Waals surface area contributed by atoms with E-state index in [1.54, 1.807) is 0 Å². The molecule has 0 aliphatic carbocycles. The summed E-state index contributed by atoms with van der Waals surface area (Å²) in [7, 11) is 4.06. The second kappa shape index (κ2) is 7.25. The van der Waals surface area contributed by atoms with E-state index in [-0.39, 0.29) is 0 Å². The summed E-state index contributed by atoms with van der Waals surface area (Å²) in [6.07, 6.45) is 2.28. The number of hydrogen-bond acceptors (Lipinski definition) is 2. The highest BCUT2D eigenvalue weighted by Gasteiger charge is 2.25. The van der Waals surface area contributed by atoms with Crippen LogP contribution >= 0.6 is 23.8 Å². The fourth-order valence-corrected chi connectivity index (χ4v) is 3.04. The number of benzene rings is 1. The van der Waals surface area contributed by atoms with Crippen molar-refractivity contribution in [3.05, 3.63) is 34.9 Å². The highest BCUT2D eigenvalue weighted by molar-refractivity contribution is 7.80. The van der Waals surface area contributed by atoms with Gasteiger partial charge in [0.05, 0.1) is 0 Å². The van der Waals surface area contributed by atoms with E-state index in [0.717, 1.165) is 48.2 Å². The maximum Gasteiger partial charge on any atom is 0.169 e. The average Bonchev–Trinajstić information content (AvgIpc) is 2.47. The summed E-state index contributed by atoms with van der Waals surface area (Å²) in [5.74, 6) is 0. The molecular formula is C15H22ClN3S. The summed E-state index contributed by atoms with van der Waals surface area (Å²) in [6, 6.07) is 8.48. The number of likely N-dealkylation sites (tertiary alicyclic amines) is 1. The molecule has 1 aromatic rings. The van der Waals surface area contributed by atoms with Crippen molar-refractivity contribution in [2.24, 2.45) is 0 Å². The van der Waals surface area contributed by atoms with Crippen LogP contribution in [0.2, 0.25) is 5.02 Å². The molecule has 1 aliphatic rings. The Balaban J connectivity index is 2.12. The van der Waals surface area contributed by atoms with E-state index in [0.29, 0.717) is 6.04 Å². The quantitative estimate of drug-likeness (QED) is 0.865. The maximum absolute atomic E-state index is 6.28. The molecule has 0 radical (unpaired) electrons. The third kappa shape index (κ3) is 3.84. The molecule has 0 spiro atoms. The van der Waals surface area contributed by atoms with Gasteiger partial charge in [-0.3, -0.25) is 0 Å². The second-order valence-corrected chi connectivity index (χ2v) is 6.10. The average molecular weight is 312 g/mol. The lowest BCUT2D eigenvalue weighted by atomic mass is 10.0. The van der Waals surface area contributed by atoms with Crippen molar-refractivity contribution in [2.45, 2.75) is 25.4 Å². The molecule has 1 aromatic carbocycles. The number of hydrogen-bond donors (Lipinski definition) is 1. The molecule has 1 saturated heterocycles. The number of piperidine rings is 1. The molecule has 0 atom stereocenters. The fourth-order valence-electron chi connectivity index (χ4n) is 2.63. The molecular weight excluding hydrogens is 290 g/mol. The Morgan fingerprint density at radius 2 is 2.05 bits per heavy atom. The molecule has 1 aliphatic heterocycles. The number of rotatable bonds is 3. The zero-order chi connectivity index (χ0) is 14.5. The van der Waals surface area contributed by atoms with Crippen LogP contribution in [-0.2, 0) is 6.54 Å². The van der Waals surface area contributed by atoms with Crippen molar-refractivity contribution in [1.29, 1.82) is 0 Å². The van der Waals surface area contributed by atoms with Gasteiger partial charge in [0.2, 0.25) is 0 Å². The van der Waals surface area contributed by atoms with Crippen LogP contribution in [0.5, 0.6) is 0 Å². The summed E-state index contributed by atoms with van der Waals surface area (Å²) in [5, 5.41) is 4.73. The van der Waals surface area contributed by atoms with Crippen LogP contribution in [-0.4, -0.2) is 48.1 Å². The molecule has 3 nitrogen and oxygen atoms in total. The highest BCUT2D eigenvalue weighted by atomic mass is 35.5. The van der Waals surface area contributed by atoms with Gasteiger partial charge < -0.3 is 15.1 Å². The minimum Gasteiger partial charge on any atom is -0.366 e. The Morgan fingerprint density at radius 3 is 2.65 bits per heavy atom. The summed E-state index contributed by atoms with van der Waals surface area (Å²) in [4.78, 5) is 4.65. The fraction of sp³-hybridized carbons (Fsp3) is 0.533. The van der Waals surface area contributed by atoms with Crippen LogP contribution in [0.3, 0.4) is 0 Å². The van der Waals surface area contributed by atoms with E-state index in [9.17, 15) is 0 Å². The molecule has 0 aromatic heterocycles. The summed E-state index contributed by atoms with van der Waals surface area (Å²) in [5.41, 5.74) is 1.13. The van der Waals surface area contributed by atoms with Gasteiger partial charge in [-0.2, -0.15) is 0 Å². The zero-order valence-electron chi connectivity index (χ0n) is 12.1. The Labute approximate surface area is 131 Å². The van der Waals surface area contributed by atoms with Crippen LogP contribution in [0.25, 0.3) is 0 Å². The molecule has 0 unspecified atom stereocenters. The van der Waals surface area contributed by atoms with Crippen molar-refractivity contribution in [3.63, 3.8) is 0 Å². The van der Waals surface area contributed by atoms with Gasteiger partial charge in [-0.25, -0.2) is 0 Å². The molecule has 0 bridgehead atoms. The van der Waals surface area contributed by atoms with Gasteiger partial charge in [0.15, 0.2) is 5.11 Å². The van der Waals surface area contributed by atoms with Gasteiger partial charge >= 0.3 is 0 Å². The van der Waals surface area contributed by atoms with Crippen LogP contribution in [0.4, 0.5) is 0 Å². The number of halogens is 1. The van der Waals surface area contributed by atoms with Crippen molar-refractivity contribution in [2.75, 3.05) is 27.2 Å². The van der Waals surface area contributed by atoms with E-state index < -0.39 is 0 Å². The highest BCUT2D eigenvalue weighted by Crippen LogP contribution is 2.22. The van der Waals surface area contributed by atoms with Crippen LogP contribution in [0, 0.1) is 0 Å². The number of nitrogens with zero attached hydrogens (tertiary/aromatic N) is 2. The van der Waals surface area contributed by atoms with Crippen LogP contribution in [0.15, 0.2) is 24.3 Å². The number of nitrogens with one attached hydrogen (secondary N) is 1. The van der Waals surface area contributed by atoms with E-state index in [2.05, 4.69) is 28.2 Å². The lowest BCUT2D eigenvalue weighted by Gasteiger charge is -2.38. The first-order valence-electron chi connectivity index (χ1n) is 7.02. The van der Waals surface area contributed by atoms with Gasteiger partial charge in [-0.05, 0) is 56.8 Å². The standard InChI is InChI=1S/C15H22ClN3S/c1-17-15(20)19(13-7-9-18(2)10-8-13)11-12-5-3-4-6-14(12)16/h3-6,13H,7-11H2,1-2H3,(H,17,20). The third-order valence-corrected chi connectivity index (χ3v) is 4.71. The van der Waals surface area contributed by atoms with Crippen molar-refractivity contribution >= 4 is 28.9 Å². The minimum absolute atomic E-state index is 0.488. The summed E-state index contributed by atoms with van der Waals surface area (Å²) in [6.45, 7) is 3.01. The maximum atomic E-state index is 6.28. The van der Waals surface area contributed by atoms with E-state index in [1.807, 2.05) is 25.2 Å². The van der Waals surface area contributed by atoms with Crippen molar-refractivity contribution in [3.8, 4) is 0 Å². The molecule has 2 rings (SSSR count). The predicted molar refractivity (Wildman–Crippen MR) is 89.2 cm³/mol. The third-order valence-electron chi connectivity index (χ3n) is 3.90. The summed E-state index contributed by atoms with van der Waals surface area (Å²) >= 11 is 11.8. The monoisotopic (exact) mass is 311 g/mol. The predicted octanol–water partition coefficient (Wildman–Crippen LogP) is 2.74. The minimum atomic E-state index is 0.488. The van der Waals surface area contributed by atoms with E-state index >= 15 is 0 Å². The molecule has 5 heteroatoms. The first kappa shape index (κ1) is 15.5. The van der Waals surface area contributed by atoms with E-state index in [4.69, 9.17) is 23.8 Å². The SMILES string of the molecule is CNC(=S)N(Cc1ccccc1Cl)C1CCN(C)CC1. The second-order valence-electron chi connectivity index (χ2n) is 5.31. The molecule has 110 valence electrons. The van der Waals surface area contributed by atoms with Crippen molar-refractivity contribution < 1.29 is 0 Å². The Morgan fingerprint density at radius 1 is 1.40 bits per heavy atom. The topological polar surface area (TPSA) is 18.5 Å². The van der Waals surface area contributed by atoms with Gasteiger partial charge in [0.1, 0.15) is 0 Å². The lowest BCUT2D eigenvalue weighted by Crippen LogP contribution is -2.48. The largest absolute Gasteiger partial charge is 0.366 e. The molecule has 0 amide bonds. The lowest BCUT2D eigenvalue weighted by molar-refractivity contribution is 0.171. The molecule has 0 saturated carbocycles. The summed E-state index contributed by atoms with van der Waals surface area (Å²) < 4.78 is 0. The first-order chi connectivity index (χ1) is 9.61. The molecule has 1 heterocycles. The number of thiocarbonyl (C=S) groups is 1. The van der Waals surface area contributed by atoms with Crippen LogP contribution < -0.4 is 5.32 Å². The Bertz CT molecular complexity index is 458. The molecule has 1 N–H and O–H groups in total.